The fourth-order valence-corrected chi connectivity index (χ4v) is 5.20. The Hall–Kier alpha value is -12.7. The van der Waals surface area contributed by atoms with E-state index in [0.29, 0.717) is 28.1 Å². The molecule has 0 saturated heterocycles. The maximum atomic E-state index is 13.2. The van der Waals surface area contributed by atoms with Crippen LogP contribution in [0, 0.1) is 147 Å². The Bertz CT molecular complexity index is 3080. The molecular formula is C55H44N6O12Rf2-2. The molecular weight excluding hydrogens is 1470 g/mol. The molecule has 6 N–H and O–H groups in total. The van der Waals surface area contributed by atoms with E-state index in [9.17, 15) is 28.8 Å². The van der Waals surface area contributed by atoms with Crippen LogP contribution in [0.5, 0.6) is 0 Å². The second kappa shape index (κ2) is 32.9. The van der Waals surface area contributed by atoms with Gasteiger partial charge in [-0.3, -0.25) is 31.9 Å². The minimum Gasteiger partial charge on any atom is -0.482 e. The van der Waals surface area contributed by atoms with Crippen molar-refractivity contribution >= 4 is 70.7 Å². The largest absolute Gasteiger partial charge is 0.482 e. The van der Waals surface area contributed by atoms with Gasteiger partial charge < -0.3 is 42.3 Å². The SMILES string of the molecule is C#CC#CC#CC#CC#CC#CC#CC#CC#COC(=O)Nc1cc(NC(=O)OCC(CC)(COC(=O)Nc2ccc(C)c(NC(=O)OC[CH2-])c2)COC(=O)Nc2ccc(C)c(NC(=O)OC[CH2-])c2)ccc1C.[Rf].[Rf]. The maximum absolute atomic E-state index is 13.2. The van der Waals surface area contributed by atoms with Crippen molar-refractivity contribution in [3.8, 4) is 107 Å². The van der Waals surface area contributed by atoms with Crippen molar-refractivity contribution in [2.24, 2.45) is 5.41 Å². The zero-order valence-corrected chi connectivity index (χ0v) is 54.0. The minimum atomic E-state index is -1.32. The minimum absolute atomic E-state index is 0. The third-order valence-corrected chi connectivity index (χ3v) is 9.05. The molecule has 3 rings (SSSR count). The molecule has 0 aliphatic carbocycles. The fourth-order valence-electron chi connectivity index (χ4n) is 5.20. The first-order valence-corrected chi connectivity index (χ1v) is 21.2. The van der Waals surface area contributed by atoms with Crippen molar-refractivity contribution < 1.29 is 57.2 Å². The second-order valence-corrected chi connectivity index (χ2v) is 14.2. The number of nitrogens with one attached hydrogen (secondary N) is 6. The molecule has 0 spiro atoms. The molecule has 20 heteroatoms. The third-order valence-electron chi connectivity index (χ3n) is 9.05. The number of hydrogen-bond acceptors (Lipinski definition) is 12. The molecule has 0 unspecified atom stereocenters. The van der Waals surface area contributed by atoms with Crippen LogP contribution in [0.4, 0.5) is 62.9 Å². The summed E-state index contributed by atoms with van der Waals surface area (Å²) < 4.78 is 31.3. The van der Waals surface area contributed by atoms with Crippen LogP contribution in [0.25, 0.3) is 0 Å². The summed E-state index contributed by atoms with van der Waals surface area (Å²) in [5.74, 6) is 38.4. The molecule has 18 nitrogen and oxygen atoms in total. The van der Waals surface area contributed by atoms with Crippen LogP contribution in [0.3, 0.4) is 0 Å². The number of aryl methyl sites for hydroxylation is 3. The summed E-state index contributed by atoms with van der Waals surface area (Å²) >= 11 is 0. The summed E-state index contributed by atoms with van der Waals surface area (Å²) in [4.78, 5) is 76.1. The van der Waals surface area contributed by atoms with E-state index >= 15 is 0 Å². The number of hydrogen-bond donors (Lipinski definition) is 6. The first-order valence-electron chi connectivity index (χ1n) is 21.2. The van der Waals surface area contributed by atoms with E-state index in [-0.39, 0.29) is 42.4 Å². The van der Waals surface area contributed by atoms with E-state index in [4.69, 9.17) is 34.8 Å². The molecule has 6 amide bonds. The summed E-state index contributed by atoms with van der Waals surface area (Å²) in [5, 5.41) is 15.4. The van der Waals surface area contributed by atoms with Crippen molar-refractivity contribution in [3.05, 3.63) is 85.1 Å². The first-order chi connectivity index (χ1) is 35.2. The Kier molecular flexibility index (Phi) is 26.5. The molecule has 0 aromatic heterocycles. The number of amides is 6. The van der Waals surface area contributed by atoms with Crippen molar-refractivity contribution in [3.63, 3.8) is 0 Å². The summed E-state index contributed by atoms with van der Waals surface area (Å²) in [6, 6.07) is 14.0. The van der Waals surface area contributed by atoms with E-state index in [2.05, 4.69) is 147 Å². The van der Waals surface area contributed by atoms with Gasteiger partial charge in [0.1, 0.15) is 25.9 Å². The number of ether oxygens (including phenoxy) is 6. The average molecular weight is 1510 g/mol. The first kappa shape index (κ1) is 60.3. The molecule has 3 aromatic rings. The van der Waals surface area contributed by atoms with Crippen molar-refractivity contribution in [1.29, 1.82) is 0 Å². The fraction of sp³-hybridized carbons (Fsp3) is 0.200. The molecule has 372 valence electrons. The van der Waals surface area contributed by atoms with E-state index in [1.807, 2.05) is 0 Å². The van der Waals surface area contributed by atoms with E-state index in [0.717, 1.165) is 0 Å². The Labute approximate surface area is 423 Å². The maximum Gasteiger partial charge on any atom is 0.425 e. The molecule has 0 radical (unpaired) electrons. The number of rotatable bonds is 15. The summed E-state index contributed by atoms with van der Waals surface area (Å²) in [6.45, 7) is 12.3. The molecule has 75 heavy (non-hydrogen) atoms. The monoisotopic (exact) mass is 1510 g/mol. The Morgan fingerprint density at radius 1 is 0.453 bits per heavy atom. The predicted octanol–water partition coefficient (Wildman–Crippen LogP) is 7.99. The molecule has 3 aromatic carbocycles. The van der Waals surface area contributed by atoms with Gasteiger partial charge >= 0.3 is 36.6 Å². The van der Waals surface area contributed by atoms with Crippen LogP contribution in [0.15, 0.2) is 54.6 Å². The summed E-state index contributed by atoms with van der Waals surface area (Å²) in [5.41, 5.74) is 2.28. The van der Waals surface area contributed by atoms with E-state index < -0.39 is 61.8 Å². The Balaban J connectivity index is 0.0000141. The standard InChI is InChI=1S/C55H44N6O12.2Rf/c1-8-12-13-14-15-16-17-18-19-20-21-22-23-24-25-26-33-70-54(67)61-48-36-45(32-29-42(48)7)58-51(64)73-39-55(9-2,37-71-49(62)56-43-30-27-40(5)46(34-43)59-52(65)68-10-3)38-72-50(63)57-44-31-28-41(6)47(35-44)60-53(66)69-11-4;;/h1,27-32,34-36H,3-4,9-11,37-39H2,2,5-7H3,(H,56,62)(H,57,63)(H,58,64)(H,59,65)(H,60,66)(H,61,67);;/q-2;;. The number of anilines is 6. The van der Waals surface area contributed by atoms with Gasteiger partial charge in [-0.2, -0.15) is 0 Å². The molecule has 0 atom stereocenters. The average Bonchev–Trinajstić information content (AvgIpc) is 3.35. The number of benzene rings is 3. The van der Waals surface area contributed by atoms with Gasteiger partial charge in [0.2, 0.25) is 0 Å². The zero-order valence-electron chi connectivity index (χ0n) is 41.2. The molecule has 0 fully saturated rings. The van der Waals surface area contributed by atoms with Crippen molar-refractivity contribution in [1.82, 2.24) is 0 Å². The van der Waals surface area contributed by atoms with Crippen LogP contribution >= 0.6 is 0 Å². The molecule has 0 bridgehead atoms. The van der Waals surface area contributed by atoms with Gasteiger partial charge in [-0.25, -0.2) is 28.8 Å². The van der Waals surface area contributed by atoms with Crippen molar-refractivity contribution in [2.45, 2.75) is 34.1 Å². The summed E-state index contributed by atoms with van der Waals surface area (Å²) in [7, 11) is 0. The predicted molar refractivity (Wildman–Crippen MR) is 273 cm³/mol. The van der Waals surface area contributed by atoms with Crippen molar-refractivity contribution in [2.75, 3.05) is 64.9 Å². The smallest absolute Gasteiger partial charge is 0.425 e. The van der Waals surface area contributed by atoms with Gasteiger partial charge in [-0.1, -0.05) is 25.1 Å². The van der Waals surface area contributed by atoms with Crippen LogP contribution in [0.2, 0.25) is 0 Å². The van der Waals surface area contributed by atoms with Gasteiger partial charge in [-0.05, 0) is 141 Å². The second-order valence-electron chi connectivity index (χ2n) is 14.2. The Morgan fingerprint density at radius 3 is 1.05 bits per heavy atom. The van der Waals surface area contributed by atoms with Gasteiger partial charge in [0, 0.05) is 81.5 Å². The quantitative estimate of drug-likeness (QED) is 0.0484. The molecule has 0 heterocycles. The Morgan fingerprint density at radius 2 is 0.747 bits per heavy atom. The zero-order chi connectivity index (χ0) is 53.3. The van der Waals surface area contributed by atoms with Gasteiger partial charge in [0.25, 0.3) is 0 Å². The van der Waals surface area contributed by atoms with E-state index in [1.165, 1.54) is 18.2 Å². The van der Waals surface area contributed by atoms with Gasteiger partial charge in [-0.15, -0.1) is 6.42 Å². The molecule has 0 aliphatic heterocycles. The summed E-state index contributed by atoms with van der Waals surface area (Å²) in [6.07, 6.45) is 2.01. The number of carbonyl (C=O) groups is 6. The van der Waals surface area contributed by atoms with E-state index in [1.54, 1.807) is 64.1 Å². The normalized spacial score (nSPS) is 8.76. The number of terminal acetylenes is 1. The molecule has 0 aliphatic rings. The molecule has 0 saturated carbocycles. The third kappa shape index (κ3) is 23.3. The van der Waals surface area contributed by atoms with Gasteiger partial charge in [0.05, 0.1) is 5.41 Å². The number of carbonyl (C=O) groups excluding carboxylic acids is 6. The van der Waals surface area contributed by atoms with Gasteiger partial charge in [0.15, 0.2) is 0 Å². The van der Waals surface area contributed by atoms with Crippen LogP contribution in [-0.4, -0.2) is 69.6 Å². The van der Waals surface area contributed by atoms with Crippen LogP contribution in [0.1, 0.15) is 30.0 Å². The van der Waals surface area contributed by atoms with Crippen LogP contribution in [-0.2, 0) is 28.4 Å². The van der Waals surface area contributed by atoms with Crippen LogP contribution < -0.4 is 31.9 Å². The topological polar surface area (TPSA) is 230 Å².